The van der Waals surface area contributed by atoms with E-state index < -0.39 is 0 Å². The van der Waals surface area contributed by atoms with E-state index in [4.69, 9.17) is 0 Å². The fourth-order valence-corrected chi connectivity index (χ4v) is 3.09. The van der Waals surface area contributed by atoms with Gasteiger partial charge in [0.05, 0.1) is 5.69 Å². The van der Waals surface area contributed by atoms with Gasteiger partial charge < -0.3 is 5.32 Å². The number of fused-ring (bicyclic) bond motifs is 1. The Kier molecular flexibility index (Phi) is 3.18. The Morgan fingerprint density at radius 2 is 2.21 bits per heavy atom. The van der Waals surface area contributed by atoms with Crippen LogP contribution in [-0.2, 0) is 24.8 Å². The molecule has 2 N–H and O–H groups in total. The van der Waals surface area contributed by atoms with Crippen LogP contribution in [0.3, 0.4) is 0 Å². The molecule has 0 aliphatic carbocycles. The summed E-state index contributed by atoms with van der Waals surface area (Å²) in [4.78, 5) is 25.5. The van der Waals surface area contributed by atoms with E-state index in [0.29, 0.717) is 0 Å². The minimum Gasteiger partial charge on any atom is -0.356 e. The van der Waals surface area contributed by atoms with Crippen molar-refractivity contribution >= 4 is 5.91 Å². The smallest absolute Gasteiger partial charge is 0.267 e. The molecule has 1 amide bonds. The van der Waals surface area contributed by atoms with Gasteiger partial charge in [-0.15, -0.1) is 0 Å². The Bertz CT molecular complexity index is 545. The summed E-state index contributed by atoms with van der Waals surface area (Å²) in [7, 11) is 1.88. The van der Waals surface area contributed by atoms with E-state index in [1.54, 1.807) is 0 Å². The van der Waals surface area contributed by atoms with Crippen LogP contribution in [0.25, 0.3) is 0 Å². The summed E-state index contributed by atoms with van der Waals surface area (Å²) in [6.07, 6.45) is 2.68. The van der Waals surface area contributed by atoms with Gasteiger partial charge in [0.2, 0.25) is 5.91 Å². The lowest BCUT2D eigenvalue weighted by Gasteiger charge is -2.27. The van der Waals surface area contributed by atoms with Crippen LogP contribution < -0.4 is 10.9 Å². The first-order valence-corrected chi connectivity index (χ1v) is 6.92. The number of aromatic amines is 1. The number of aryl methyl sites for hydroxylation is 1. The van der Waals surface area contributed by atoms with Crippen molar-refractivity contribution in [1.29, 1.82) is 0 Å². The van der Waals surface area contributed by atoms with Crippen LogP contribution >= 0.6 is 0 Å². The molecule has 1 unspecified atom stereocenters. The van der Waals surface area contributed by atoms with Gasteiger partial charge >= 0.3 is 0 Å². The number of hydrogen-bond acceptors (Lipinski definition) is 3. The number of rotatable bonds is 3. The second-order valence-electron chi connectivity index (χ2n) is 5.52. The van der Waals surface area contributed by atoms with Gasteiger partial charge in [0, 0.05) is 38.2 Å². The van der Waals surface area contributed by atoms with Crippen LogP contribution in [0.4, 0.5) is 0 Å². The van der Waals surface area contributed by atoms with E-state index in [1.807, 2.05) is 11.7 Å². The van der Waals surface area contributed by atoms with Crippen LogP contribution in [0, 0.1) is 5.92 Å². The predicted octanol–water partition coefficient (Wildman–Crippen LogP) is -0.402. The summed E-state index contributed by atoms with van der Waals surface area (Å²) < 4.78 is 1.83. The van der Waals surface area contributed by atoms with Crippen molar-refractivity contribution in [2.24, 2.45) is 13.0 Å². The van der Waals surface area contributed by atoms with Crippen LogP contribution in [0.1, 0.15) is 24.1 Å². The minimum atomic E-state index is 0.0484. The number of nitrogens with zero attached hydrogens (tertiary/aromatic N) is 2. The highest BCUT2D eigenvalue weighted by atomic mass is 16.2. The third kappa shape index (κ3) is 2.32. The van der Waals surface area contributed by atoms with Gasteiger partial charge in [-0.25, -0.2) is 0 Å². The molecule has 1 aromatic heterocycles. The Balaban J connectivity index is 1.61. The van der Waals surface area contributed by atoms with Crippen molar-refractivity contribution in [2.45, 2.75) is 25.8 Å². The van der Waals surface area contributed by atoms with Crippen molar-refractivity contribution in [3.63, 3.8) is 0 Å². The summed E-state index contributed by atoms with van der Waals surface area (Å²) in [5, 5.41) is 5.69. The zero-order valence-electron chi connectivity index (χ0n) is 11.2. The summed E-state index contributed by atoms with van der Waals surface area (Å²) in [5.41, 5.74) is 2.07. The van der Waals surface area contributed by atoms with Crippen molar-refractivity contribution in [1.82, 2.24) is 20.0 Å². The Morgan fingerprint density at radius 3 is 2.95 bits per heavy atom. The third-order valence-corrected chi connectivity index (χ3v) is 4.30. The fraction of sp³-hybridized carbons (Fsp3) is 0.692. The standard InChI is InChI=1S/C13H20N4O2/c1-16-11-8-17(7-4-10(11)13(19)15-16)6-3-9-2-5-14-12(9)18/h9H,2-8H2,1H3,(H,14,18)(H,15,19). The molecule has 1 fully saturated rings. The van der Waals surface area contributed by atoms with Gasteiger partial charge in [0.15, 0.2) is 0 Å². The SMILES string of the molecule is Cn1[nH]c(=O)c2c1CN(CCC1CCNC1=O)CC2. The second kappa shape index (κ2) is 4.85. The molecule has 0 radical (unpaired) electrons. The second-order valence-corrected chi connectivity index (χ2v) is 5.52. The number of aromatic nitrogens is 2. The molecule has 6 nitrogen and oxygen atoms in total. The molecule has 1 aromatic rings. The van der Waals surface area contributed by atoms with Gasteiger partial charge in [-0.05, 0) is 25.8 Å². The summed E-state index contributed by atoms with van der Waals surface area (Å²) in [6, 6.07) is 0. The highest BCUT2D eigenvalue weighted by Gasteiger charge is 2.26. The van der Waals surface area contributed by atoms with Crippen LogP contribution in [0.5, 0.6) is 0 Å². The molecule has 6 heteroatoms. The zero-order chi connectivity index (χ0) is 13.4. The lowest BCUT2D eigenvalue weighted by molar-refractivity contribution is -0.122. The molecule has 0 saturated carbocycles. The molecule has 1 atom stereocenters. The predicted molar refractivity (Wildman–Crippen MR) is 70.7 cm³/mol. The maximum Gasteiger partial charge on any atom is 0.267 e. The van der Waals surface area contributed by atoms with Gasteiger partial charge in [0.25, 0.3) is 5.56 Å². The summed E-state index contributed by atoms with van der Waals surface area (Å²) in [6.45, 7) is 3.46. The molecular formula is C13H20N4O2. The van der Waals surface area contributed by atoms with E-state index in [9.17, 15) is 9.59 Å². The van der Waals surface area contributed by atoms with E-state index >= 15 is 0 Å². The lowest BCUT2D eigenvalue weighted by atomic mass is 10.0. The van der Waals surface area contributed by atoms with Crippen molar-refractivity contribution in [2.75, 3.05) is 19.6 Å². The molecule has 3 rings (SSSR count). The Morgan fingerprint density at radius 1 is 1.37 bits per heavy atom. The molecule has 3 heterocycles. The monoisotopic (exact) mass is 264 g/mol. The zero-order valence-corrected chi connectivity index (χ0v) is 11.2. The number of H-pyrrole nitrogens is 1. The molecule has 19 heavy (non-hydrogen) atoms. The van der Waals surface area contributed by atoms with Crippen LogP contribution in [0.15, 0.2) is 4.79 Å². The molecular weight excluding hydrogens is 244 g/mol. The first-order chi connectivity index (χ1) is 9.15. The van der Waals surface area contributed by atoms with Gasteiger partial charge in [-0.2, -0.15) is 0 Å². The maximum absolute atomic E-state index is 11.7. The van der Waals surface area contributed by atoms with E-state index in [1.165, 1.54) is 0 Å². The Hall–Kier alpha value is -1.56. The van der Waals surface area contributed by atoms with Crippen LogP contribution in [-0.4, -0.2) is 40.2 Å². The average Bonchev–Trinajstić information content (AvgIpc) is 2.92. The van der Waals surface area contributed by atoms with E-state index in [2.05, 4.69) is 15.3 Å². The largest absolute Gasteiger partial charge is 0.356 e. The maximum atomic E-state index is 11.7. The van der Waals surface area contributed by atoms with E-state index in [-0.39, 0.29) is 17.4 Å². The third-order valence-electron chi connectivity index (χ3n) is 4.30. The van der Waals surface area contributed by atoms with Gasteiger partial charge in [-0.1, -0.05) is 0 Å². The van der Waals surface area contributed by atoms with Crippen molar-refractivity contribution < 1.29 is 4.79 Å². The molecule has 0 spiro atoms. The average molecular weight is 264 g/mol. The highest BCUT2D eigenvalue weighted by molar-refractivity contribution is 5.80. The molecule has 1 saturated heterocycles. The Labute approximate surface area is 111 Å². The van der Waals surface area contributed by atoms with Crippen molar-refractivity contribution in [3.05, 3.63) is 21.6 Å². The number of nitrogens with one attached hydrogen (secondary N) is 2. The molecule has 104 valence electrons. The van der Waals surface area contributed by atoms with Gasteiger partial charge in [0.1, 0.15) is 0 Å². The topological polar surface area (TPSA) is 70.1 Å². The summed E-state index contributed by atoms with van der Waals surface area (Å²) in [5.74, 6) is 0.378. The molecule has 0 bridgehead atoms. The first kappa shape index (κ1) is 12.5. The first-order valence-electron chi connectivity index (χ1n) is 6.92. The summed E-state index contributed by atoms with van der Waals surface area (Å²) >= 11 is 0. The van der Waals surface area contributed by atoms with Crippen molar-refractivity contribution in [3.8, 4) is 0 Å². The number of amides is 1. The number of carbonyl (C=O) groups is 1. The molecule has 0 aromatic carbocycles. The van der Waals surface area contributed by atoms with Gasteiger partial charge in [-0.3, -0.25) is 24.3 Å². The van der Waals surface area contributed by atoms with Crippen LogP contribution in [0.2, 0.25) is 0 Å². The molecule has 2 aliphatic rings. The highest BCUT2D eigenvalue weighted by Crippen LogP contribution is 2.18. The lowest BCUT2D eigenvalue weighted by Crippen LogP contribution is -2.34. The fourth-order valence-electron chi connectivity index (χ4n) is 3.09. The number of carbonyl (C=O) groups excluding carboxylic acids is 1. The minimum absolute atomic E-state index is 0.0484. The quantitative estimate of drug-likeness (QED) is 0.780. The number of hydrogen-bond donors (Lipinski definition) is 2. The molecule has 2 aliphatic heterocycles. The normalized spacial score (nSPS) is 23.4. The van der Waals surface area contributed by atoms with E-state index in [0.717, 1.165) is 56.7 Å².